The minimum absolute atomic E-state index is 0.0974. The quantitative estimate of drug-likeness (QED) is 0.917. The highest BCUT2D eigenvalue weighted by Crippen LogP contribution is 2.18. The van der Waals surface area contributed by atoms with Gasteiger partial charge in [0.15, 0.2) is 0 Å². The third-order valence-electron chi connectivity index (χ3n) is 4.81. The molecule has 0 spiro atoms. The van der Waals surface area contributed by atoms with Gasteiger partial charge in [-0.15, -0.1) is 0 Å². The van der Waals surface area contributed by atoms with Gasteiger partial charge in [0.25, 0.3) is 0 Å². The number of benzene rings is 2. The maximum Gasteiger partial charge on any atom is 0.237 e. The number of carbonyl (C=O) groups excluding carboxylic acids is 1. The summed E-state index contributed by atoms with van der Waals surface area (Å²) < 4.78 is 0. The molecule has 3 heteroatoms. The Morgan fingerprint density at radius 1 is 1.04 bits per heavy atom. The van der Waals surface area contributed by atoms with E-state index < -0.39 is 0 Å². The SMILES string of the molecule is CCc1ccccc1CN1CCCNC(=O)C1Cc1ccccc1. The number of nitrogens with one attached hydrogen (secondary N) is 1. The van der Waals surface area contributed by atoms with E-state index in [2.05, 4.69) is 53.5 Å². The molecule has 1 atom stereocenters. The third kappa shape index (κ3) is 4.04. The fourth-order valence-electron chi connectivity index (χ4n) is 3.46. The van der Waals surface area contributed by atoms with Crippen molar-refractivity contribution in [2.75, 3.05) is 13.1 Å². The maximum absolute atomic E-state index is 12.6. The minimum atomic E-state index is -0.0974. The van der Waals surface area contributed by atoms with Gasteiger partial charge >= 0.3 is 0 Å². The van der Waals surface area contributed by atoms with Crippen LogP contribution in [0, 0.1) is 0 Å². The smallest absolute Gasteiger partial charge is 0.237 e. The largest absolute Gasteiger partial charge is 0.355 e. The Bertz CT molecular complexity index is 669. The number of hydrogen-bond acceptors (Lipinski definition) is 2. The molecule has 24 heavy (non-hydrogen) atoms. The fourth-order valence-corrected chi connectivity index (χ4v) is 3.46. The average molecular weight is 322 g/mol. The molecule has 3 nitrogen and oxygen atoms in total. The summed E-state index contributed by atoms with van der Waals surface area (Å²) in [6.45, 7) is 4.76. The molecule has 1 heterocycles. The zero-order chi connectivity index (χ0) is 16.8. The number of carbonyl (C=O) groups is 1. The summed E-state index contributed by atoms with van der Waals surface area (Å²) in [7, 11) is 0. The summed E-state index contributed by atoms with van der Waals surface area (Å²) in [5.41, 5.74) is 3.93. The minimum Gasteiger partial charge on any atom is -0.355 e. The van der Waals surface area contributed by atoms with E-state index in [1.807, 2.05) is 18.2 Å². The molecule has 1 aliphatic rings. The first-order valence-electron chi connectivity index (χ1n) is 8.90. The number of aryl methyl sites for hydroxylation is 1. The monoisotopic (exact) mass is 322 g/mol. The molecule has 0 aromatic heterocycles. The van der Waals surface area contributed by atoms with E-state index >= 15 is 0 Å². The summed E-state index contributed by atoms with van der Waals surface area (Å²) >= 11 is 0. The van der Waals surface area contributed by atoms with Crippen molar-refractivity contribution >= 4 is 5.91 Å². The highest BCUT2D eigenvalue weighted by Gasteiger charge is 2.28. The Labute approximate surface area is 144 Å². The highest BCUT2D eigenvalue weighted by molar-refractivity contribution is 5.82. The van der Waals surface area contributed by atoms with Gasteiger partial charge in [-0.1, -0.05) is 61.5 Å². The molecular formula is C21H26N2O. The van der Waals surface area contributed by atoms with Crippen LogP contribution in [0.15, 0.2) is 54.6 Å². The third-order valence-corrected chi connectivity index (χ3v) is 4.81. The molecule has 1 amide bonds. The van der Waals surface area contributed by atoms with Gasteiger partial charge < -0.3 is 5.32 Å². The predicted octanol–water partition coefficient (Wildman–Crippen LogP) is 3.18. The van der Waals surface area contributed by atoms with Gasteiger partial charge in [0.2, 0.25) is 5.91 Å². The van der Waals surface area contributed by atoms with Gasteiger partial charge in [-0.25, -0.2) is 0 Å². The van der Waals surface area contributed by atoms with Crippen molar-refractivity contribution < 1.29 is 4.79 Å². The lowest BCUT2D eigenvalue weighted by Gasteiger charge is -2.29. The summed E-state index contributed by atoms with van der Waals surface area (Å²) in [6, 6.07) is 18.8. The normalized spacial score (nSPS) is 18.9. The van der Waals surface area contributed by atoms with Crippen molar-refractivity contribution in [3.63, 3.8) is 0 Å². The zero-order valence-corrected chi connectivity index (χ0v) is 14.4. The van der Waals surface area contributed by atoms with Crippen molar-refractivity contribution in [2.45, 2.75) is 38.8 Å². The summed E-state index contributed by atoms with van der Waals surface area (Å²) in [5.74, 6) is 0.158. The molecule has 1 saturated heterocycles. The van der Waals surface area contributed by atoms with E-state index in [4.69, 9.17) is 0 Å². The molecule has 3 rings (SSSR count). The lowest BCUT2D eigenvalue weighted by Crippen LogP contribution is -2.45. The number of amides is 1. The molecule has 0 aliphatic carbocycles. The maximum atomic E-state index is 12.6. The predicted molar refractivity (Wildman–Crippen MR) is 97.8 cm³/mol. The summed E-state index contributed by atoms with van der Waals surface area (Å²) in [5, 5.41) is 3.08. The molecule has 1 aliphatic heterocycles. The Morgan fingerprint density at radius 3 is 2.50 bits per heavy atom. The summed E-state index contributed by atoms with van der Waals surface area (Å²) in [6.07, 6.45) is 2.80. The van der Waals surface area contributed by atoms with E-state index in [0.717, 1.165) is 38.9 Å². The molecule has 1 N–H and O–H groups in total. The van der Waals surface area contributed by atoms with Gasteiger partial charge in [0, 0.05) is 19.6 Å². The van der Waals surface area contributed by atoms with E-state index in [1.54, 1.807) is 0 Å². The highest BCUT2D eigenvalue weighted by atomic mass is 16.2. The molecular weight excluding hydrogens is 296 g/mol. The van der Waals surface area contributed by atoms with Crippen LogP contribution < -0.4 is 5.32 Å². The Hall–Kier alpha value is -2.13. The average Bonchev–Trinajstić information content (AvgIpc) is 2.79. The molecule has 126 valence electrons. The van der Waals surface area contributed by atoms with E-state index in [-0.39, 0.29) is 11.9 Å². The van der Waals surface area contributed by atoms with Gasteiger partial charge in [-0.3, -0.25) is 9.69 Å². The zero-order valence-electron chi connectivity index (χ0n) is 14.4. The fraction of sp³-hybridized carbons (Fsp3) is 0.381. The Balaban J connectivity index is 1.82. The van der Waals surface area contributed by atoms with Gasteiger partial charge in [0.1, 0.15) is 0 Å². The molecule has 1 unspecified atom stereocenters. The lowest BCUT2D eigenvalue weighted by molar-refractivity contribution is -0.125. The molecule has 0 radical (unpaired) electrons. The lowest BCUT2D eigenvalue weighted by atomic mass is 10.0. The van der Waals surface area contributed by atoms with Crippen LogP contribution in [0.4, 0.5) is 0 Å². The van der Waals surface area contributed by atoms with E-state index in [9.17, 15) is 4.79 Å². The molecule has 0 saturated carbocycles. The second kappa shape index (κ2) is 8.11. The van der Waals surface area contributed by atoms with Gasteiger partial charge in [-0.2, -0.15) is 0 Å². The van der Waals surface area contributed by atoms with Crippen LogP contribution >= 0.6 is 0 Å². The van der Waals surface area contributed by atoms with Crippen molar-refractivity contribution in [3.05, 3.63) is 71.3 Å². The van der Waals surface area contributed by atoms with E-state index in [0.29, 0.717) is 0 Å². The first-order chi connectivity index (χ1) is 11.8. The van der Waals surface area contributed by atoms with Crippen LogP contribution in [-0.4, -0.2) is 29.9 Å². The van der Waals surface area contributed by atoms with Crippen molar-refractivity contribution in [2.24, 2.45) is 0 Å². The van der Waals surface area contributed by atoms with Gasteiger partial charge in [0.05, 0.1) is 6.04 Å². The standard InChI is InChI=1S/C21H26N2O/c1-2-18-11-6-7-12-19(18)16-23-14-8-13-22-21(24)20(23)15-17-9-4-3-5-10-17/h3-7,9-12,20H,2,8,13-16H2,1H3,(H,22,24). The van der Waals surface area contributed by atoms with Crippen molar-refractivity contribution in [1.82, 2.24) is 10.2 Å². The second-order valence-corrected chi connectivity index (χ2v) is 6.44. The van der Waals surface area contributed by atoms with Crippen LogP contribution in [0.3, 0.4) is 0 Å². The Kier molecular flexibility index (Phi) is 5.65. The molecule has 2 aromatic carbocycles. The van der Waals surface area contributed by atoms with Crippen LogP contribution in [0.1, 0.15) is 30.0 Å². The first kappa shape index (κ1) is 16.7. The van der Waals surface area contributed by atoms with E-state index in [1.165, 1.54) is 16.7 Å². The Morgan fingerprint density at radius 2 is 1.75 bits per heavy atom. The van der Waals surface area contributed by atoms with Crippen LogP contribution in [-0.2, 0) is 24.2 Å². The number of hydrogen-bond donors (Lipinski definition) is 1. The van der Waals surface area contributed by atoms with Crippen molar-refractivity contribution in [1.29, 1.82) is 0 Å². The van der Waals surface area contributed by atoms with Gasteiger partial charge in [-0.05, 0) is 36.0 Å². The van der Waals surface area contributed by atoms with Crippen LogP contribution in [0.2, 0.25) is 0 Å². The number of nitrogens with zero attached hydrogens (tertiary/aromatic N) is 1. The van der Waals surface area contributed by atoms with Crippen LogP contribution in [0.25, 0.3) is 0 Å². The molecule has 1 fully saturated rings. The number of rotatable bonds is 5. The second-order valence-electron chi connectivity index (χ2n) is 6.44. The first-order valence-corrected chi connectivity index (χ1v) is 8.90. The molecule has 0 bridgehead atoms. The van der Waals surface area contributed by atoms with Crippen molar-refractivity contribution in [3.8, 4) is 0 Å². The summed E-state index contributed by atoms with van der Waals surface area (Å²) in [4.78, 5) is 15.0. The van der Waals surface area contributed by atoms with Crippen LogP contribution in [0.5, 0.6) is 0 Å². The topological polar surface area (TPSA) is 32.3 Å². The molecule has 2 aromatic rings.